The first-order chi connectivity index (χ1) is 17.5. The third-order valence-corrected chi connectivity index (χ3v) is 6.03. The fourth-order valence-corrected chi connectivity index (χ4v) is 4.25. The number of esters is 1. The van der Waals surface area contributed by atoms with Crippen LogP contribution in [0.2, 0.25) is 0 Å². The Labute approximate surface area is 208 Å². The highest BCUT2D eigenvalue weighted by Crippen LogP contribution is 2.31. The number of pyridine rings is 2. The lowest BCUT2D eigenvalue weighted by Crippen LogP contribution is -2.34. The second kappa shape index (κ2) is 10.9. The van der Waals surface area contributed by atoms with Crippen molar-refractivity contribution >= 4 is 11.9 Å². The van der Waals surface area contributed by atoms with Crippen molar-refractivity contribution in [3.8, 4) is 17.2 Å². The standard InChI is InChI=1S/C26H27N3O7/c1-33-19-7-4-8-20(34-2)24(19)25(31)28-11-9-18-23(26(32)35-3)21(14-22(30)29(18)13-12-28)36-16-17-6-5-10-27-15-17/h4-8,10,14-15H,9,11-13,16H2,1-3H3. The first kappa shape index (κ1) is 24.8. The molecule has 36 heavy (non-hydrogen) atoms. The number of nitrogens with zero attached hydrogens (tertiary/aromatic N) is 3. The molecule has 0 bridgehead atoms. The molecule has 0 saturated heterocycles. The topological polar surface area (TPSA) is 109 Å². The molecule has 0 radical (unpaired) electrons. The Morgan fingerprint density at radius 2 is 1.69 bits per heavy atom. The Morgan fingerprint density at radius 3 is 2.33 bits per heavy atom. The van der Waals surface area contributed by atoms with Gasteiger partial charge in [-0.2, -0.15) is 0 Å². The molecule has 2 aromatic heterocycles. The van der Waals surface area contributed by atoms with Crippen LogP contribution in [0, 0.1) is 0 Å². The van der Waals surface area contributed by atoms with Crippen LogP contribution in [0.3, 0.4) is 0 Å². The van der Waals surface area contributed by atoms with E-state index in [0.29, 0.717) is 22.8 Å². The molecule has 1 aliphatic rings. The highest BCUT2D eigenvalue weighted by atomic mass is 16.5. The summed E-state index contributed by atoms with van der Waals surface area (Å²) >= 11 is 0. The third kappa shape index (κ3) is 4.88. The summed E-state index contributed by atoms with van der Waals surface area (Å²) in [7, 11) is 4.24. The predicted octanol–water partition coefficient (Wildman–Crippen LogP) is 2.32. The van der Waals surface area contributed by atoms with Crippen molar-refractivity contribution in [3.05, 3.63) is 81.5 Å². The molecule has 0 aliphatic carbocycles. The van der Waals surface area contributed by atoms with Crippen LogP contribution in [0.5, 0.6) is 17.2 Å². The van der Waals surface area contributed by atoms with Crippen LogP contribution in [0.1, 0.15) is 32.0 Å². The zero-order valence-corrected chi connectivity index (χ0v) is 20.4. The number of carbonyl (C=O) groups excluding carboxylic acids is 2. The molecule has 10 nitrogen and oxygen atoms in total. The van der Waals surface area contributed by atoms with Gasteiger partial charge >= 0.3 is 5.97 Å². The highest BCUT2D eigenvalue weighted by molar-refractivity contribution is 6.00. The van der Waals surface area contributed by atoms with Crippen LogP contribution in [-0.2, 0) is 24.3 Å². The molecule has 0 fully saturated rings. The molecule has 0 N–H and O–H groups in total. The van der Waals surface area contributed by atoms with Gasteiger partial charge in [-0.3, -0.25) is 14.6 Å². The number of amides is 1. The van der Waals surface area contributed by atoms with Crippen LogP contribution in [0.4, 0.5) is 0 Å². The Balaban J connectivity index is 1.67. The second-order valence-corrected chi connectivity index (χ2v) is 8.04. The quantitative estimate of drug-likeness (QED) is 0.462. The van der Waals surface area contributed by atoms with Gasteiger partial charge in [-0.05, 0) is 18.2 Å². The van der Waals surface area contributed by atoms with Gasteiger partial charge in [0.25, 0.3) is 11.5 Å². The fraction of sp³-hybridized carbons (Fsp3) is 0.308. The number of carbonyl (C=O) groups is 2. The molecule has 3 aromatic rings. The number of aromatic nitrogens is 2. The summed E-state index contributed by atoms with van der Waals surface area (Å²) in [6.45, 7) is 0.835. The average molecular weight is 494 g/mol. The van der Waals surface area contributed by atoms with E-state index in [2.05, 4.69) is 4.98 Å². The number of benzene rings is 1. The molecule has 0 atom stereocenters. The summed E-state index contributed by atoms with van der Waals surface area (Å²) in [5.41, 5.74) is 1.38. The van der Waals surface area contributed by atoms with E-state index in [1.54, 1.807) is 41.6 Å². The zero-order chi connectivity index (χ0) is 25.7. The van der Waals surface area contributed by atoms with Gasteiger partial charge in [0, 0.05) is 55.8 Å². The number of ether oxygens (including phenoxy) is 4. The smallest absolute Gasteiger partial charge is 0.343 e. The van der Waals surface area contributed by atoms with Crippen molar-refractivity contribution in [2.24, 2.45) is 0 Å². The molecule has 188 valence electrons. The lowest BCUT2D eigenvalue weighted by atomic mass is 10.1. The first-order valence-electron chi connectivity index (χ1n) is 11.4. The lowest BCUT2D eigenvalue weighted by molar-refractivity contribution is 0.0592. The van der Waals surface area contributed by atoms with Crippen LogP contribution in [0.15, 0.2) is 53.6 Å². The number of hydrogen-bond donors (Lipinski definition) is 0. The number of rotatable bonds is 7. The van der Waals surface area contributed by atoms with Crippen molar-refractivity contribution in [1.29, 1.82) is 0 Å². The van der Waals surface area contributed by atoms with Gasteiger partial charge in [-0.1, -0.05) is 12.1 Å². The van der Waals surface area contributed by atoms with Gasteiger partial charge in [0.15, 0.2) is 0 Å². The van der Waals surface area contributed by atoms with Gasteiger partial charge in [0.2, 0.25) is 0 Å². The van der Waals surface area contributed by atoms with Crippen molar-refractivity contribution in [1.82, 2.24) is 14.5 Å². The van der Waals surface area contributed by atoms with Gasteiger partial charge in [0.1, 0.15) is 35.0 Å². The molecule has 1 aromatic carbocycles. The maximum atomic E-state index is 13.5. The van der Waals surface area contributed by atoms with Crippen molar-refractivity contribution in [3.63, 3.8) is 0 Å². The van der Waals surface area contributed by atoms with Gasteiger partial charge < -0.3 is 28.4 Å². The van der Waals surface area contributed by atoms with Crippen LogP contribution in [-0.4, -0.2) is 60.7 Å². The number of fused-ring (bicyclic) bond motifs is 1. The summed E-state index contributed by atoms with van der Waals surface area (Å²) in [5.74, 6) is -0.00343. The van der Waals surface area contributed by atoms with Gasteiger partial charge in [0.05, 0.1) is 21.3 Å². The SMILES string of the molecule is COC(=O)c1c(OCc2cccnc2)cc(=O)n2c1CCN(C(=O)c1c(OC)cccc1OC)CC2. The van der Waals surface area contributed by atoms with Crippen LogP contribution in [0.25, 0.3) is 0 Å². The first-order valence-corrected chi connectivity index (χ1v) is 11.4. The van der Waals surface area contributed by atoms with E-state index in [0.717, 1.165) is 5.56 Å². The average Bonchev–Trinajstić information content (AvgIpc) is 3.15. The molecular weight excluding hydrogens is 466 g/mol. The summed E-state index contributed by atoms with van der Waals surface area (Å²) in [6, 6.07) is 10.0. The van der Waals surface area contributed by atoms with Crippen molar-refractivity contribution in [2.45, 2.75) is 19.6 Å². The minimum absolute atomic E-state index is 0.124. The van der Waals surface area contributed by atoms with E-state index < -0.39 is 5.97 Å². The van der Waals surface area contributed by atoms with E-state index in [1.165, 1.54) is 32.0 Å². The maximum absolute atomic E-state index is 13.5. The highest BCUT2D eigenvalue weighted by Gasteiger charge is 2.30. The molecule has 3 heterocycles. The summed E-state index contributed by atoms with van der Waals surface area (Å²) in [5, 5.41) is 0. The molecule has 1 aliphatic heterocycles. The molecule has 10 heteroatoms. The Morgan fingerprint density at radius 1 is 0.944 bits per heavy atom. The van der Waals surface area contributed by atoms with Crippen LogP contribution >= 0.6 is 0 Å². The fourth-order valence-electron chi connectivity index (χ4n) is 4.25. The normalized spacial score (nSPS) is 12.8. The molecule has 1 amide bonds. The molecule has 0 spiro atoms. The Kier molecular flexibility index (Phi) is 7.53. The minimum atomic E-state index is -0.619. The van der Waals surface area contributed by atoms with Crippen molar-refractivity contribution < 1.29 is 28.5 Å². The van der Waals surface area contributed by atoms with Crippen molar-refractivity contribution in [2.75, 3.05) is 34.4 Å². The van der Waals surface area contributed by atoms with Gasteiger partial charge in [-0.25, -0.2) is 4.79 Å². The summed E-state index contributed by atoms with van der Waals surface area (Å²) in [4.78, 5) is 45.0. The Hall–Kier alpha value is -4.34. The minimum Gasteiger partial charge on any atom is -0.496 e. The maximum Gasteiger partial charge on any atom is 0.343 e. The molecule has 0 unspecified atom stereocenters. The summed E-state index contributed by atoms with van der Waals surface area (Å²) in [6.07, 6.45) is 3.53. The van der Waals surface area contributed by atoms with Crippen LogP contribution < -0.4 is 19.8 Å². The van der Waals surface area contributed by atoms with E-state index in [4.69, 9.17) is 18.9 Å². The van der Waals surface area contributed by atoms with E-state index >= 15 is 0 Å². The predicted molar refractivity (Wildman–Crippen MR) is 130 cm³/mol. The van der Waals surface area contributed by atoms with E-state index in [-0.39, 0.29) is 55.4 Å². The summed E-state index contributed by atoms with van der Waals surface area (Å²) < 4.78 is 23.2. The largest absolute Gasteiger partial charge is 0.496 e. The molecule has 0 saturated carbocycles. The van der Waals surface area contributed by atoms with E-state index in [9.17, 15) is 14.4 Å². The Bertz CT molecular complexity index is 1300. The zero-order valence-electron chi connectivity index (χ0n) is 20.4. The van der Waals surface area contributed by atoms with Gasteiger partial charge in [-0.15, -0.1) is 0 Å². The lowest BCUT2D eigenvalue weighted by Gasteiger charge is -2.22. The second-order valence-electron chi connectivity index (χ2n) is 8.04. The number of hydrogen-bond acceptors (Lipinski definition) is 8. The molecule has 4 rings (SSSR count). The monoisotopic (exact) mass is 493 g/mol. The molecular formula is C26H27N3O7. The third-order valence-electron chi connectivity index (χ3n) is 6.03. The van der Waals surface area contributed by atoms with E-state index in [1.807, 2.05) is 6.07 Å². The number of methoxy groups -OCH3 is 3.